The number of hydrogen-bond acceptors (Lipinski definition) is 4. The average Bonchev–Trinajstić information content (AvgIpc) is 2.77. The first-order chi connectivity index (χ1) is 9.37. The summed E-state index contributed by atoms with van der Waals surface area (Å²) in [6.45, 7) is 1.39. The van der Waals surface area contributed by atoms with E-state index >= 15 is 0 Å². The Morgan fingerprint density at radius 3 is 2.80 bits per heavy atom. The number of carboxylic acids is 1. The highest BCUT2D eigenvalue weighted by Crippen LogP contribution is 2.40. The van der Waals surface area contributed by atoms with Crippen molar-refractivity contribution in [2.45, 2.75) is 24.5 Å². The predicted octanol–water partition coefficient (Wildman–Crippen LogP) is 1.31. The maximum absolute atomic E-state index is 12.3. The molecule has 7 heteroatoms. The summed E-state index contributed by atoms with van der Waals surface area (Å²) in [5, 5.41) is 16.6. The normalized spacial score (nSPS) is 19.2. The molecule has 0 saturated heterocycles. The van der Waals surface area contributed by atoms with Crippen molar-refractivity contribution in [2.75, 3.05) is 10.8 Å². The van der Waals surface area contributed by atoms with Crippen molar-refractivity contribution >= 4 is 21.7 Å². The quantitative estimate of drug-likeness (QED) is 0.902. The van der Waals surface area contributed by atoms with Gasteiger partial charge < -0.3 is 5.11 Å². The van der Waals surface area contributed by atoms with E-state index in [1.54, 1.807) is 30.3 Å². The number of aliphatic carboxylic acids is 1. The average molecular weight is 294 g/mol. The lowest BCUT2D eigenvalue weighted by Gasteiger charge is -2.21. The van der Waals surface area contributed by atoms with Crippen LogP contribution < -0.4 is 4.31 Å². The van der Waals surface area contributed by atoms with Crippen molar-refractivity contribution in [1.29, 1.82) is 5.26 Å². The van der Waals surface area contributed by atoms with Gasteiger partial charge in [-0.05, 0) is 18.6 Å². The number of sulfonamides is 1. The summed E-state index contributed by atoms with van der Waals surface area (Å²) >= 11 is 0. The minimum absolute atomic E-state index is 0.0694. The Kier molecular flexibility index (Phi) is 3.68. The van der Waals surface area contributed by atoms with E-state index in [9.17, 15) is 13.2 Å². The van der Waals surface area contributed by atoms with Gasteiger partial charge in [0.25, 0.3) is 10.0 Å². The van der Waals surface area contributed by atoms with Crippen LogP contribution in [-0.2, 0) is 14.8 Å². The van der Waals surface area contributed by atoms with Gasteiger partial charge >= 0.3 is 5.97 Å². The van der Waals surface area contributed by atoms with Crippen molar-refractivity contribution in [2.24, 2.45) is 0 Å². The van der Waals surface area contributed by atoms with Gasteiger partial charge in [-0.25, -0.2) is 8.42 Å². The molecule has 1 aliphatic rings. The molecule has 1 aliphatic heterocycles. The number of carboxylic acid groups (broad SMARTS) is 1. The molecule has 20 heavy (non-hydrogen) atoms. The van der Waals surface area contributed by atoms with Gasteiger partial charge in [0.15, 0.2) is 5.25 Å². The lowest BCUT2D eigenvalue weighted by molar-refractivity contribution is -0.137. The molecule has 6 nitrogen and oxygen atoms in total. The molecule has 0 aromatic heterocycles. The largest absolute Gasteiger partial charge is 0.481 e. The Morgan fingerprint density at radius 2 is 2.20 bits per heavy atom. The van der Waals surface area contributed by atoms with E-state index in [-0.39, 0.29) is 18.9 Å². The van der Waals surface area contributed by atoms with Crippen molar-refractivity contribution in [3.8, 4) is 6.07 Å². The Labute approximate surface area is 117 Å². The van der Waals surface area contributed by atoms with Crippen LogP contribution in [0.1, 0.15) is 24.8 Å². The van der Waals surface area contributed by atoms with Crippen LogP contribution in [0.4, 0.5) is 5.69 Å². The molecule has 0 amide bonds. The summed E-state index contributed by atoms with van der Waals surface area (Å²) in [6.07, 6.45) is -0.135. The first-order valence-corrected chi connectivity index (χ1v) is 7.60. The number of para-hydroxylation sites is 1. The van der Waals surface area contributed by atoms with Crippen LogP contribution in [0, 0.1) is 11.3 Å². The number of hydrogen-bond donors (Lipinski definition) is 1. The molecule has 0 aliphatic carbocycles. The summed E-state index contributed by atoms with van der Waals surface area (Å²) in [5.74, 6) is -1.36. The molecule has 0 radical (unpaired) electrons. The molecule has 1 heterocycles. The minimum atomic E-state index is -3.79. The number of carbonyl (C=O) groups is 1. The number of nitriles is 1. The van der Waals surface area contributed by atoms with E-state index in [2.05, 4.69) is 0 Å². The zero-order chi connectivity index (χ0) is 14.9. The fourth-order valence-electron chi connectivity index (χ4n) is 2.34. The minimum Gasteiger partial charge on any atom is -0.481 e. The van der Waals surface area contributed by atoms with Crippen LogP contribution in [0.5, 0.6) is 0 Å². The second-order valence-electron chi connectivity index (χ2n) is 4.70. The molecule has 0 bridgehead atoms. The third-order valence-electron chi connectivity index (χ3n) is 3.39. The summed E-state index contributed by atoms with van der Waals surface area (Å²) in [7, 11) is -3.79. The molecule has 0 spiro atoms. The number of benzene rings is 1. The van der Waals surface area contributed by atoms with E-state index in [1.165, 1.54) is 6.92 Å². The number of nitrogens with zero attached hydrogens (tertiary/aromatic N) is 2. The second-order valence-corrected chi connectivity index (χ2v) is 6.88. The van der Waals surface area contributed by atoms with Crippen LogP contribution in [-0.4, -0.2) is 31.3 Å². The predicted molar refractivity (Wildman–Crippen MR) is 72.8 cm³/mol. The van der Waals surface area contributed by atoms with Gasteiger partial charge in [-0.1, -0.05) is 18.2 Å². The Hall–Kier alpha value is -2.07. The maximum atomic E-state index is 12.3. The van der Waals surface area contributed by atoms with Crippen LogP contribution in [0.15, 0.2) is 24.3 Å². The molecule has 1 N–H and O–H groups in total. The smallest absolute Gasteiger partial charge is 0.304 e. The van der Waals surface area contributed by atoms with Crippen molar-refractivity contribution < 1.29 is 18.3 Å². The fraction of sp³-hybridized carbons (Fsp3) is 0.385. The highest BCUT2D eigenvalue weighted by atomic mass is 32.2. The summed E-state index contributed by atoms with van der Waals surface area (Å²) < 4.78 is 25.8. The topological polar surface area (TPSA) is 98.5 Å². The van der Waals surface area contributed by atoms with Gasteiger partial charge in [-0.3, -0.25) is 9.10 Å². The molecule has 0 saturated carbocycles. The van der Waals surface area contributed by atoms with Gasteiger partial charge in [-0.2, -0.15) is 5.26 Å². The third-order valence-corrected chi connectivity index (χ3v) is 5.35. The molecule has 1 aromatic carbocycles. The number of fused-ring (bicyclic) bond motifs is 1. The van der Waals surface area contributed by atoms with E-state index in [4.69, 9.17) is 10.4 Å². The molecule has 2 rings (SSSR count). The fourth-order valence-corrected chi connectivity index (χ4v) is 3.68. The first-order valence-electron chi connectivity index (χ1n) is 6.09. The van der Waals surface area contributed by atoms with E-state index < -0.39 is 21.2 Å². The highest BCUT2D eigenvalue weighted by molar-refractivity contribution is 7.93. The molecule has 1 aromatic rings. The monoisotopic (exact) mass is 294 g/mol. The summed E-state index contributed by atoms with van der Waals surface area (Å²) in [4.78, 5) is 10.9. The summed E-state index contributed by atoms with van der Waals surface area (Å²) in [5.41, 5.74) is 1.17. The zero-order valence-corrected chi connectivity index (χ0v) is 11.7. The lowest BCUT2D eigenvalue weighted by Crippen LogP contribution is -2.36. The molecule has 0 fully saturated rings. The molecular formula is C13H14N2O4S. The van der Waals surface area contributed by atoms with Gasteiger partial charge in [-0.15, -0.1) is 0 Å². The SMILES string of the molecule is CC(C#N)S(=O)(=O)N1CC(CC(=O)O)c2ccccc21. The number of anilines is 1. The van der Waals surface area contributed by atoms with Crippen LogP contribution in [0.25, 0.3) is 0 Å². The maximum Gasteiger partial charge on any atom is 0.304 e. The third kappa shape index (κ3) is 2.34. The van der Waals surface area contributed by atoms with Gasteiger partial charge in [0.1, 0.15) is 0 Å². The Bertz CT molecular complexity index is 678. The number of rotatable bonds is 4. The Balaban J connectivity index is 2.45. The zero-order valence-electron chi connectivity index (χ0n) is 10.9. The molecule has 2 atom stereocenters. The van der Waals surface area contributed by atoms with Gasteiger partial charge in [0, 0.05) is 12.5 Å². The molecular weight excluding hydrogens is 280 g/mol. The van der Waals surface area contributed by atoms with Crippen LogP contribution in [0.2, 0.25) is 0 Å². The van der Waals surface area contributed by atoms with E-state index in [0.29, 0.717) is 11.3 Å². The Morgan fingerprint density at radius 1 is 1.55 bits per heavy atom. The van der Waals surface area contributed by atoms with Crippen molar-refractivity contribution in [3.05, 3.63) is 29.8 Å². The highest BCUT2D eigenvalue weighted by Gasteiger charge is 2.38. The second kappa shape index (κ2) is 5.13. The van der Waals surface area contributed by atoms with Gasteiger partial charge in [0.05, 0.1) is 18.2 Å². The first kappa shape index (κ1) is 14.3. The van der Waals surface area contributed by atoms with Crippen LogP contribution in [0.3, 0.4) is 0 Å². The standard InChI is InChI=1S/C13H14N2O4S/c1-9(7-14)20(18,19)15-8-10(6-13(16)17)11-4-2-3-5-12(11)15/h2-5,9-10H,6,8H2,1H3,(H,16,17). The van der Waals surface area contributed by atoms with E-state index in [1.807, 2.05) is 0 Å². The van der Waals surface area contributed by atoms with E-state index in [0.717, 1.165) is 4.31 Å². The van der Waals surface area contributed by atoms with Crippen molar-refractivity contribution in [3.63, 3.8) is 0 Å². The molecule has 106 valence electrons. The van der Waals surface area contributed by atoms with Crippen molar-refractivity contribution in [1.82, 2.24) is 0 Å². The van der Waals surface area contributed by atoms with Crippen LogP contribution >= 0.6 is 0 Å². The molecule has 2 unspecified atom stereocenters. The summed E-state index contributed by atoms with van der Waals surface area (Å²) in [6, 6.07) is 8.54. The van der Waals surface area contributed by atoms with Gasteiger partial charge in [0.2, 0.25) is 0 Å². The lowest BCUT2D eigenvalue weighted by atomic mass is 9.98.